The summed E-state index contributed by atoms with van der Waals surface area (Å²) in [7, 11) is -3.63. The van der Waals surface area contributed by atoms with Crippen LogP contribution in [0.2, 0.25) is 0 Å². The Labute approximate surface area is 162 Å². The highest BCUT2D eigenvalue weighted by Gasteiger charge is 2.25. The van der Waals surface area contributed by atoms with E-state index in [1.807, 2.05) is 32.9 Å². The Bertz CT molecular complexity index is 938. The molecule has 2 aromatic carbocycles. The largest absolute Gasteiger partial charge is 0.322 e. The van der Waals surface area contributed by atoms with E-state index in [1.54, 1.807) is 32.9 Å². The van der Waals surface area contributed by atoms with Crippen LogP contribution in [0.15, 0.2) is 35.2 Å². The number of anilines is 1. The van der Waals surface area contributed by atoms with E-state index in [2.05, 4.69) is 5.32 Å². The molecule has 5 nitrogen and oxygen atoms in total. The molecule has 146 valence electrons. The quantitative estimate of drug-likeness (QED) is 0.806. The maximum Gasteiger partial charge on any atom is 0.255 e. The minimum atomic E-state index is -3.63. The molecule has 27 heavy (non-hydrogen) atoms. The lowest BCUT2D eigenvalue weighted by molar-refractivity contribution is 0.102. The van der Waals surface area contributed by atoms with Crippen LogP contribution >= 0.6 is 0 Å². The van der Waals surface area contributed by atoms with Gasteiger partial charge in [-0.3, -0.25) is 4.79 Å². The summed E-state index contributed by atoms with van der Waals surface area (Å²) in [6, 6.07) is 8.82. The van der Waals surface area contributed by atoms with Crippen molar-refractivity contribution in [3.8, 4) is 0 Å². The van der Waals surface area contributed by atoms with Crippen LogP contribution in [0.5, 0.6) is 0 Å². The lowest BCUT2D eigenvalue weighted by Crippen LogP contribution is -2.31. The molecule has 0 atom stereocenters. The fourth-order valence-electron chi connectivity index (χ4n) is 3.28. The minimum Gasteiger partial charge on any atom is -0.322 e. The third-order valence-corrected chi connectivity index (χ3v) is 6.88. The van der Waals surface area contributed by atoms with Crippen molar-refractivity contribution in [2.75, 3.05) is 18.4 Å². The van der Waals surface area contributed by atoms with E-state index in [-0.39, 0.29) is 10.8 Å². The highest BCUT2D eigenvalue weighted by atomic mass is 32.2. The fourth-order valence-corrected chi connectivity index (χ4v) is 4.99. The van der Waals surface area contributed by atoms with Crippen LogP contribution in [0.25, 0.3) is 0 Å². The number of nitrogens with one attached hydrogen (secondary N) is 1. The van der Waals surface area contributed by atoms with Crippen molar-refractivity contribution in [1.29, 1.82) is 0 Å². The number of hydrogen-bond acceptors (Lipinski definition) is 3. The average molecular weight is 389 g/mol. The summed E-state index contributed by atoms with van der Waals surface area (Å²) in [5, 5.41) is 2.93. The maximum absolute atomic E-state index is 12.9. The first-order valence-electron chi connectivity index (χ1n) is 9.11. The van der Waals surface area contributed by atoms with Gasteiger partial charge in [0.15, 0.2) is 0 Å². The Balaban J connectivity index is 2.42. The average Bonchev–Trinajstić information content (AvgIpc) is 2.58. The Morgan fingerprint density at radius 2 is 1.48 bits per heavy atom. The lowest BCUT2D eigenvalue weighted by Gasteiger charge is -2.20. The number of benzene rings is 2. The molecule has 2 aromatic rings. The Morgan fingerprint density at radius 1 is 0.926 bits per heavy atom. The third-order valence-electron chi connectivity index (χ3n) is 4.69. The van der Waals surface area contributed by atoms with Crippen molar-refractivity contribution >= 4 is 21.6 Å². The summed E-state index contributed by atoms with van der Waals surface area (Å²) >= 11 is 0. The molecule has 1 amide bonds. The first-order chi connectivity index (χ1) is 12.6. The molecule has 0 heterocycles. The van der Waals surface area contributed by atoms with Gasteiger partial charge in [0.1, 0.15) is 0 Å². The van der Waals surface area contributed by atoms with Gasteiger partial charge in [0, 0.05) is 24.3 Å². The predicted molar refractivity (Wildman–Crippen MR) is 110 cm³/mol. The minimum absolute atomic E-state index is 0.177. The molecular formula is C21H28N2O3S. The molecule has 0 bridgehead atoms. The molecule has 0 aliphatic rings. The second-order valence-corrected chi connectivity index (χ2v) is 8.70. The highest BCUT2D eigenvalue weighted by Crippen LogP contribution is 2.25. The van der Waals surface area contributed by atoms with E-state index in [9.17, 15) is 13.2 Å². The van der Waals surface area contributed by atoms with Gasteiger partial charge in [-0.05, 0) is 56.5 Å². The van der Waals surface area contributed by atoms with Gasteiger partial charge in [-0.25, -0.2) is 8.42 Å². The molecular weight excluding hydrogens is 360 g/mol. The van der Waals surface area contributed by atoms with E-state index < -0.39 is 10.0 Å². The molecule has 0 unspecified atom stereocenters. The van der Waals surface area contributed by atoms with Crippen LogP contribution in [0, 0.1) is 27.7 Å². The second-order valence-electron chi connectivity index (χ2n) is 6.80. The molecule has 0 radical (unpaired) electrons. The van der Waals surface area contributed by atoms with Gasteiger partial charge in [0.05, 0.1) is 4.90 Å². The first-order valence-corrected chi connectivity index (χ1v) is 10.6. The van der Waals surface area contributed by atoms with Crippen LogP contribution in [-0.4, -0.2) is 31.7 Å². The molecule has 0 spiro atoms. The van der Waals surface area contributed by atoms with Gasteiger partial charge >= 0.3 is 0 Å². The highest BCUT2D eigenvalue weighted by molar-refractivity contribution is 7.89. The summed E-state index contributed by atoms with van der Waals surface area (Å²) in [4.78, 5) is 13.0. The predicted octanol–water partition coefficient (Wildman–Crippen LogP) is 4.20. The first kappa shape index (κ1) is 21.1. The van der Waals surface area contributed by atoms with Crippen molar-refractivity contribution < 1.29 is 13.2 Å². The summed E-state index contributed by atoms with van der Waals surface area (Å²) in [5.74, 6) is -0.318. The van der Waals surface area contributed by atoms with Crippen molar-refractivity contribution in [2.45, 2.75) is 46.4 Å². The van der Waals surface area contributed by atoms with Crippen molar-refractivity contribution in [3.05, 3.63) is 58.1 Å². The fraction of sp³-hybridized carbons (Fsp3) is 0.381. The standard InChI is InChI=1S/C21H28N2O3S/c1-7-23(8-2)27(25,26)19-13-18(10-9-15(19)4)21(24)22-20-16(5)11-14(3)12-17(20)6/h9-13H,7-8H2,1-6H3,(H,22,24). The third kappa shape index (κ3) is 4.39. The number of aryl methyl sites for hydroxylation is 4. The van der Waals surface area contributed by atoms with Crippen LogP contribution in [0.1, 0.15) is 46.5 Å². The molecule has 0 aliphatic carbocycles. The van der Waals surface area contributed by atoms with Gasteiger partial charge in [-0.15, -0.1) is 0 Å². The van der Waals surface area contributed by atoms with E-state index in [0.29, 0.717) is 24.2 Å². The number of carbonyl (C=O) groups is 1. The summed E-state index contributed by atoms with van der Waals surface area (Å²) < 4.78 is 27.2. The van der Waals surface area contributed by atoms with Gasteiger partial charge in [-0.1, -0.05) is 37.6 Å². The summed E-state index contributed by atoms with van der Waals surface area (Å²) in [5.41, 5.74) is 4.80. The van der Waals surface area contributed by atoms with Gasteiger partial charge in [0.25, 0.3) is 5.91 Å². The van der Waals surface area contributed by atoms with Crippen LogP contribution in [0.3, 0.4) is 0 Å². The van der Waals surface area contributed by atoms with Crippen molar-refractivity contribution in [3.63, 3.8) is 0 Å². The Kier molecular flexibility index (Phi) is 6.44. The molecule has 6 heteroatoms. The van der Waals surface area contributed by atoms with Crippen LogP contribution in [-0.2, 0) is 10.0 Å². The van der Waals surface area contributed by atoms with Crippen LogP contribution in [0.4, 0.5) is 5.69 Å². The SMILES string of the molecule is CCN(CC)S(=O)(=O)c1cc(C(=O)Nc2c(C)cc(C)cc2C)ccc1C. The van der Waals surface area contributed by atoms with Crippen molar-refractivity contribution in [1.82, 2.24) is 4.31 Å². The second kappa shape index (κ2) is 8.23. The Hall–Kier alpha value is -2.18. The van der Waals surface area contributed by atoms with Crippen molar-refractivity contribution in [2.24, 2.45) is 0 Å². The van der Waals surface area contributed by atoms with E-state index in [4.69, 9.17) is 0 Å². The van der Waals surface area contributed by atoms with Gasteiger partial charge in [0.2, 0.25) is 10.0 Å². The normalized spacial score (nSPS) is 11.7. The zero-order valence-electron chi connectivity index (χ0n) is 16.9. The molecule has 2 rings (SSSR count). The van der Waals surface area contributed by atoms with Gasteiger partial charge in [-0.2, -0.15) is 4.31 Å². The van der Waals surface area contributed by atoms with E-state index in [0.717, 1.165) is 22.4 Å². The smallest absolute Gasteiger partial charge is 0.255 e. The topological polar surface area (TPSA) is 66.5 Å². The molecule has 0 saturated carbocycles. The molecule has 0 aliphatic heterocycles. The molecule has 0 fully saturated rings. The number of hydrogen-bond donors (Lipinski definition) is 1. The van der Waals surface area contributed by atoms with E-state index in [1.165, 1.54) is 10.4 Å². The summed E-state index contributed by atoms with van der Waals surface area (Å²) in [6.07, 6.45) is 0. The number of carbonyl (C=O) groups excluding carboxylic acids is 1. The number of rotatable bonds is 6. The molecule has 0 saturated heterocycles. The number of sulfonamides is 1. The molecule has 0 aromatic heterocycles. The zero-order chi connectivity index (χ0) is 20.4. The molecule has 1 N–H and O–H groups in total. The number of amides is 1. The Morgan fingerprint density at radius 3 is 2.00 bits per heavy atom. The summed E-state index contributed by atoms with van der Waals surface area (Å²) in [6.45, 7) is 12.0. The lowest BCUT2D eigenvalue weighted by atomic mass is 10.0. The number of nitrogens with zero attached hydrogens (tertiary/aromatic N) is 1. The maximum atomic E-state index is 12.9. The van der Waals surface area contributed by atoms with Crippen LogP contribution < -0.4 is 5.32 Å². The van der Waals surface area contributed by atoms with E-state index >= 15 is 0 Å². The monoisotopic (exact) mass is 388 g/mol. The van der Waals surface area contributed by atoms with Gasteiger partial charge < -0.3 is 5.32 Å². The zero-order valence-corrected chi connectivity index (χ0v) is 17.7.